The zero-order valence-electron chi connectivity index (χ0n) is 9.97. The molecule has 1 amide bonds. The first-order chi connectivity index (χ1) is 8.46. The molecule has 1 heterocycles. The van der Waals surface area contributed by atoms with E-state index in [-0.39, 0.29) is 17.4 Å². The van der Waals surface area contributed by atoms with Crippen LogP contribution in [-0.4, -0.2) is 25.1 Å². The summed E-state index contributed by atoms with van der Waals surface area (Å²) in [6, 6.07) is 0. The van der Waals surface area contributed by atoms with Gasteiger partial charge in [-0.3, -0.25) is 10.2 Å². The highest BCUT2D eigenvalue weighted by Crippen LogP contribution is 2.42. The standard InChI is InChI=1S/C10H15N3O3S2/c1-2-18(15,16)5-7-12-8(6-3-4-6)9(17-7)10(14)13-11/h6H,2-5,11H2,1H3,(H,13,14). The van der Waals surface area contributed by atoms with E-state index in [1.54, 1.807) is 6.92 Å². The highest BCUT2D eigenvalue weighted by atomic mass is 32.2. The Labute approximate surface area is 109 Å². The number of carbonyl (C=O) groups excluding carboxylic acids is 1. The van der Waals surface area contributed by atoms with Gasteiger partial charge in [0.2, 0.25) is 0 Å². The number of nitrogens with two attached hydrogens (primary N) is 1. The summed E-state index contributed by atoms with van der Waals surface area (Å²) in [6.07, 6.45) is 1.99. The summed E-state index contributed by atoms with van der Waals surface area (Å²) in [5.41, 5.74) is 2.77. The molecule has 0 unspecified atom stereocenters. The van der Waals surface area contributed by atoms with Crippen molar-refractivity contribution in [3.63, 3.8) is 0 Å². The van der Waals surface area contributed by atoms with E-state index in [0.717, 1.165) is 24.2 Å². The van der Waals surface area contributed by atoms with Gasteiger partial charge < -0.3 is 0 Å². The number of aromatic nitrogens is 1. The van der Waals surface area contributed by atoms with Gasteiger partial charge in [-0.1, -0.05) is 6.92 Å². The summed E-state index contributed by atoms with van der Waals surface area (Å²) in [5.74, 6) is 4.98. The Kier molecular flexibility index (Phi) is 3.69. The average molecular weight is 289 g/mol. The largest absolute Gasteiger partial charge is 0.289 e. The van der Waals surface area contributed by atoms with Crippen molar-refractivity contribution in [2.75, 3.05) is 5.75 Å². The molecule has 8 heteroatoms. The van der Waals surface area contributed by atoms with Crippen LogP contribution in [0.1, 0.15) is 46.1 Å². The number of nitrogens with one attached hydrogen (secondary N) is 1. The first kappa shape index (κ1) is 13.4. The van der Waals surface area contributed by atoms with Gasteiger partial charge in [0.15, 0.2) is 9.84 Å². The fourth-order valence-electron chi connectivity index (χ4n) is 1.59. The predicted octanol–water partition coefficient (Wildman–Crippen LogP) is 0.559. The van der Waals surface area contributed by atoms with Crippen LogP contribution < -0.4 is 11.3 Å². The monoisotopic (exact) mass is 289 g/mol. The van der Waals surface area contributed by atoms with Gasteiger partial charge in [0, 0.05) is 11.7 Å². The van der Waals surface area contributed by atoms with Gasteiger partial charge in [0.05, 0.1) is 5.69 Å². The maximum absolute atomic E-state index is 11.6. The van der Waals surface area contributed by atoms with E-state index in [9.17, 15) is 13.2 Å². The van der Waals surface area contributed by atoms with Crippen LogP contribution in [0, 0.1) is 0 Å². The van der Waals surface area contributed by atoms with Gasteiger partial charge in [-0.2, -0.15) is 0 Å². The molecule has 0 spiro atoms. The minimum absolute atomic E-state index is 0.0732. The average Bonchev–Trinajstić information content (AvgIpc) is 3.10. The van der Waals surface area contributed by atoms with E-state index in [1.807, 2.05) is 0 Å². The summed E-state index contributed by atoms with van der Waals surface area (Å²) in [4.78, 5) is 16.3. The number of nitrogens with zero attached hydrogens (tertiary/aromatic N) is 1. The van der Waals surface area contributed by atoms with Gasteiger partial charge >= 0.3 is 0 Å². The number of amides is 1. The van der Waals surface area contributed by atoms with Crippen molar-refractivity contribution < 1.29 is 13.2 Å². The molecule has 1 aliphatic rings. The summed E-state index contributed by atoms with van der Waals surface area (Å²) in [7, 11) is -3.13. The molecule has 0 aliphatic heterocycles. The lowest BCUT2D eigenvalue weighted by Gasteiger charge is -1.97. The lowest BCUT2D eigenvalue weighted by molar-refractivity contribution is 0.0956. The van der Waals surface area contributed by atoms with Crippen molar-refractivity contribution in [1.29, 1.82) is 0 Å². The van der Waals surface area contributed by atoms with Crippen LogP contribution in [-0.2, 0) is 15.6 Å². The molecular formula is C10H15N3O3S2. The minimum atomic E-state index is -3.13. The van der Waals surface area contributed by atoms with Gasteiger partial charge in [-0.25, -0.2) is 19.2 Å². The third-order valence-electron chi connectivity index (χ3n) is 2.78. The number of hydrazine groups is 1. The van der Waals surface area contributed by atoms with Crippen molar-refractivity contribution in [1.82, 2.24) is 10.4 Å². The number of hydrogen-bond acceptors (Lipinski definition) is 6. The molecule has 0 aromatic carbocycles. The first-order valence-corrected chi connectivity index (χ1v) is 8.31. The van der Waals surface area contributed by atoms with E-state index >= 15 is 0 Å². The van der Waals surface area contributed by atoms with Gasteiger partial charge in [-0.05, 0) is 12.8 Å². The summed E-state index contributed by atoms with van der Waals surface area (Å²) in [6.45, 7) is 1.60. The van der Waals surface area contributed by atoms with Crippen LogP contribution >= 0.6 is 11.3 Å². The number of carbonyl (C=O) groups is 1. The number of sulfone groups is 1. The van der Waals surface area contributed by atoms with E-state index in [2.05, 4.69) is 10.4 Å². The Hall–Kier alpha value is -0.990. The quantitative estimate of drug-likeness (QED) is 0.468. The molecule has 1 aromatic heterocycles. The van der Waals surface area contributed by atoms with E-state index in [4.69, 9.17) is 5.84 Å². The third kappa shape index (κ3) is 2.88. The van der Waals surface area contributed by atoms with Crippen LogP contribution in [0.5, 0.6) is 0 Å². The normalized spacial score (nSPS) is 15.7. The van der Waals surface area contributed by atoms with Crippen LogP contribution in [0.2, 0.25) is 0 Å². The fraction of sp³-hybridized carbons (Fsp3) is 0.600. The topological polar surface area (TPSA) is 102 Å². The molecule has 1 fully saturated rings. The number of hydrogen-bond donors (Lipinski definition) is 2. The van der Waals surface area contributed by atoms with Crippen molar-refractivity contribution in [2.24, 2.45) is 5.84 Å². The molecule has 2 rings (SSSR count). The van der Waals surface area contributed by atoms with Crippen molar-refractivity contribution in [3.05, 3.63) is 15.6 Å². The Morgan fingerprint density at radius 3 is 2.72 bits per heavy atom. The lowest BCUT2D eigenvalue weighted by atomic mass is 10.2. The molecule has 0 saturated heterocycles. The molecule has 1 saturated carbocycles. The SMILES string of the molecule is CCS(=O)(=O)Cc1nc(C2CC2)c(C(=O)NN)s1. The molecule has 0 radical (unpaired) electrons. The fourth-order valence-corrected chi connectivity index (χ4v) is 3.86. The molecule has 6 nitrogen and oxygen atoms in total. The Morgan fingerprint density at radius 2 is 2.22 bits per heavy atom. The third-order valence-corrected chi connectivity index (χ3v) is 5.63. The van der Waals surface area contributed by atoms with Crippen molar-refractivity contribution in [3.8, 4) is 0 Å². The number of thiazole rings is 1. The molecule has 18 heavy (non-hydrogen) atoms. The zero-order valence-corrected chi connectivity index (χ0v) is 11.6. The lowest BCUT2D eigenvalue weighted by Crippen LogP contribution is -2.30. The Bertz CT molecular complexity index is 561. The second kappa shape index (κ2) is 4.94. The Balaban J connectivity index is 2.31. The summed E-state index contributed by atoms with van der Waals surface area (Å²) < 4.78 is 23.1. The van der Waals surface area contributed by atoms with Gasteiger partial charge in [0.25, 0.3) is 5.91 Å². The highest BCUT2D eigenvalue weighted by molar-refractivity contribution is 7.90. The minimum Gasteiger partial charge on any atom is -0.289 e. The molecule has 0 bridgehead atoms. The zero-order chi connectivity index (χ0) is 13.3. The smallest absolute Gasteiger partial charge is 0.277 e. The second-order valence-corrected chi connectivity index (χ2v) is 7.68. The van der Waals surface area contributed by atoms with Crippen molar-refractivity contribution in [2.45, 2.75) is 31.4 Å². The number of nitrogen functional groups attached to an aromatic ring is 1. The first-order valence-electron chi connectivity index (χ1n) is 5.67. The second-order valence-electron chi connectivity index (χ2n) is 4.25. The maximum Gasteiger partial charge on any atom is 0.277 e. The van der Waals surface area contributed by atoms with Crippen LogP contribution in [0.3, 0.4) is 0 Å². The number of rotatable bonds is 5. The van der Waals surface area contributed by atoms with Gasteiger partial charge in [0.1, 0.15) is 15.6 Å². The molecular weight excluding hydrogens is 274 g/mol. The molecule has 1 aromatic rings. The van der Waals surface area contributed by atoms with E-state index in [1.165, 1.54) is 0 Å². The predicted molar refractivity (Wildman–Crippen MR) is 68.9 cm³/mol. The molecule has 1 aliphatic carbocycles. The summed E-state index contributed by atoms with van der Waals surface area (Å²) >= 11 is 1.12. The van der Waals surface area contributed by atoms with Crippen LogP contribution in [0.25, 0.3) is 0 Å². The van der Waals surface area contributed by atoms with Crippen LogP contribution in [0.15, 0.2) is 0 Å². The van der Waals surface area contributed by atoms with Crippen LogP contribution in [0.4, 0.5) is 0 Å². The molecule has 3 N–H and O–H groups in total. The maximum atomic E-state index is 11.6. The Morgan fingerprint density at radius 1 is 1.56 bits per heavy atom. The molecule has 0 atom stereocenters. The van der Waals surface area contributed by atoms with E-state index in [0.29, 0.717) is 15.6 Å². The van der Waals surface area contributed by atoms with Gasteiger partial charge in [-0.15, -0.1) is 11.3 Å². The van der Waals surface area contributed by atoms with E-state index < -0.39 is 15.7 Å². The highest BCUT2D eigenvalue weighted by Gasteiger charge is 2.32. The van der Waals surface area contributed by atoms with Crippen molar-refractivity contribution >= 4 is 27.1 Å². The molecule has 100 valence electrons. The summed E-state index contributed by atoms with van der Waals surface area (Å²) in [5, 5.41) is 0.470.